The zero-order chi connectivity index (χ0) is 22.7. The van der Waals surface area contributed by atoms with E-state index in [4.69, 9.17) is 21.1 Å². The monoisotopic (exact) mass is 474 g/mol. The van der Waals surface area contributed by atoms with Crippen molar-refractivity contribution in [2.45, 2.75) is 60.7 Å². The number of cyclic esters (lactones) is 1. The molecule has 2 fully saturated rings. The Labute approximate surface area is 197 Å². The fourth-order valence-electron chi connectivity index (χ4n) is 4.83. The highest BCUT2D eigenvalue weighted by Gasteiger charge is 2.51. The predicted molar refractivity (Wildman–Crippen MR) is 124 cm³/mol. The van der Waals surface area contributed by atoms with Crippen LogP contribution in [0.25, 0.3) is 0 Å². The third kappa shape index (κ3) is 4.91. The highest BCUT2D eigenvalue weighted by atomic mass is 35.5. The van der Waals surface area contributed by atoms with Gasteiger partial charge in [0.25, 0.3) is 0 Å². The fraction of sp³-hybridized carbons (Fsp3) is 0.440. The maximum Gasteiger partial charge on any atom is 0.327 e. The quantitative estimate of drug-likeness (QED) is 0.416. The van der Waals surface area contributed by atoms with Crippen LogP contribution < -0.4 is 4.74 Å². The molecule has 170 valence electrons. The van der Waals surface area contributed by atoms with Crippen molar-refractivity contribution in [2.75, 3.05) is 7.11 Å². The minimum atomic E-state index is -0.871. The van der Waals surface area contributed by atoms with Gasteiger partial charge >= 0.3 is 5.97 Å². The van der Waals surface area contributed by atoms with Crippen molar-refractivity contribution in [1.82, 2.24) is 0 Å². The molecule has 2 unspecified atom stereocenters. The highest BCUT2D eigenvalue weighted by molar-refractivity contribution is 8.01. The summed E-state index contributed by atoms with van der Waals surface area (Å²) in [6.45, 7) is 0. The molecule has 0 aromatic heterocycles. The molecule has 5 nitrogen and oxygen atoms in total. The molecule has 32 heavy (non-hydrogen) atoms. The number of hydrogen-bond donors (Lipinski definition) is 1. The highest BCUT2D eigenvalue weighted by Crippen LogP contribution is 2.46. The Morgan fingerprint density at radius 2 is 1.88 bits per heavy atom. The summed E-state index contributed by atoms with van der Waals surface area (Å²) in [5.41, 5.74) is 0.264. The second-order valence-corrected chi connectivity index (χ2v) is 10.2. The third-order valence-corrected chi connectivity index (χ3v) is 8.06. The van der Waals surface area contributed by atoms with E-state index >= 15 is 0 Å². The number of esters is 1. The maximum absolute atomic E-state index is 13.2. The van der Waals surface area contributed by atoms with Gasteiger partial charge in [-0.05, 0) is 73.6 Å². The lowest BCUT2D eigenvalue weighted by Gasteiger charge is -2.43. The van der Waals surface area contributed by atoms with E-state index < -0.39 is 16.8 Å². The Hall–Kier alpha value is -2.18. The van der Waals surface area contributed by atoms with Gasteiger partial charge in [0.05, 0.1) is 12.1 Å². The Bertz CT molecular complexity index is 966. The number of carbonyl (C=O) groups excluding carboxylic acids is 2. The molecule has 0 radical (unpaired) electrons. The zero-order valence-corrected chi connectivity index (χ0v) is 19.6. The molecule has 0 bridgehead atoms. The zero-order valence-electron chi connectivity index (χ0n) is 18.0. The lowest BCUT2D eigenvalue weighted by Crippen LogP contribution is -2.53. The van der Waals surface area contributed by atoms with Crippen LogP contribution in [0.15, 0.2) is 47.4 Å². The number of thioether (sulfide) groups is 1. The average molecular weight is 475 g/mol. The first kappa shape index (κ1) is 23.0. The molecule has 1 saturated carbocycles. The molecule has 2 aliphatic rings. The number of methoxy groups -OCH3 is 1. The summed E-state index contributed by atoms with van der Waals surface area (Å²) >= 11 is 7.47. The number of Topliss-reactive ketones (excluding diaryl/α,β-unsaturated/α-hetero) is 1. The van der Waals surface area contributed by atoms with Crippen molar-refractivity contribution in [3.63, 3.8) is 0 Å². The van der Waals surface area contributed by atoms with Gasteiger partial charge in [-0.3, -0.25) is 9.59 Å². The van der Waals surface area contributed by atoms with Gasteiger partial charge in [0.2, 0.25) is 0 Å². The molecule has 2 aromatic carbocycles. The molecule has 0 spiro atoms. The van der Waals surface area contributed by atoms with Crippen LogP contribution in [-0.2, 0) is 20.7 Å². The Kier molecular flexibility index (Phi) is 7.01. The van der Waals surface area contributed by atoms with E-state index in [9.17, 15) is 14.7 Å². The fourth-order valence-corrected chi connectivity index (χ4v) is 6.03. The lowest BCUT2D eigenvalue weighted by atomic mass is 9.76. The molecule has 1 aliphatic carbocycles. The van der Waals surface area contributed by atoms with Crippen LogP contribution in [0.2, 0.25) is 5.02 Å². The number of halogens is 1. The molecular weight excluding hydrogens is 448 g/mol. The van der Waals surface area contributed by atoms with Crippen LogP contribution >= 0.6 is 23.4 Å². The van der Waals surface area contributed by atoms with E-state index in [1.807, 2.05) is 18.2 Å². The van der Waals surface area contributed by atoms with Crippen molar-refractivity contribution >= 4 is 35.1 Å². The van der Waals surface area contributed by atoms with Gasteiger partial charge in [-0.25, -0.2) is 0 Å². The van der Waals surface area contributed by atoms with Gasteiger partial charge < -0.3 is 14.6 Å². The molecule has 4 rings (SSSR count). The molecule has 2 atom stereocenters. The molecule has 0 amide bonds. The van der Waals surface area contributed by atoms with E-state index in [-0.39, 0.29) is 23.9 Å². The van der Waals surface area contributed by atoms with E-state index in [1.165, 1.54) is 11.8 Å². The predicted octanol–water partition coefficient (Wildman–Crippen LogP) is 5.59. The Morgan fingerprint density at radius 1 is 1.16 bits per heavy atom. The standard InChI is InChI=1S/C25H27ClO5S/c1-30-22-11-6-16(14-20(22)26)12-13-25(17-4-2-3-5-17)15-21(28)23(24(29)31-25)32-19-9-7-18(27)8-10-19/h6-11,14,17,23,27H,2-5,12-13,15H2,1H3. The summed E-state index contributed by atoms with van der Waals surface area (Å²) < 4.78 is 11.4. The Morgan fingerprint density at radius 3 is 2.50 bits per heavy atom. The van der Waals surface area contributed by atoms with Crippen LogP contribution in [0.3, 0.4) is 0 Å². The van der Waals surface area contributed by atoms with Gasteiger partial charge in [0.1, 0.15) is 17.1 Å². The first-order valence-corrected chi connectivity index (χ1v) is 12.2. The van der Waals surface area contributed by atoms with Crippen molar-refractivity contribution in [1.29, 1.82) is 0 Å². The molecular formula is C25H27ClO5S. The molecule has 1 saturated heterocycles. The molecule has 1 heterocycles. The van der Waals surface area contributed by atoms with Crippen molar-refractivity contribution in [2.24, 2.45) is 5.92 Å². The minimum Gasteiger partial charge on any atom is -0.508 e. The number of aryl methyl sites for hydroxylation is 1. The number of aromatic hydroxyl groups is 1. The van der Waals surface area contributed by atoms with Crippen LogP contribution in [0.5, 0.6) is 11.5 Å². The first-order valence-electron chi connectivity index (χ1n) is 10.9. The molecule has 1 aliphatic heterocycles. The molecule has 1 N–H and O–H groups in total. The van der Waals surface area contributed by atoms with Crippen molar-refractivity contribution in [3.05, 3.63) is 53.1 Å². The third-order valence-electron chi connectivity index (χ3n) is 6.53. The minimum absolute atomic E-state index is 0.0843. The molecule has 2 aromatic rings. The summed E-state index contributed by atoms with van der Waals surface area (Å²) in [6.07, 6.45) is 5.63. The Balaban J connectivity index is 1.51. The van der Waals surface area contributed by atoms with Gasteiger partial charge in [0.15, 0.2) is 11.0 Å². The topological polar surface area (TPSA) is 72.8 Å². The maximum atomic E-state index is 13.2. The number of benzene rings is 2. The van der Waals surface area contributed by atoms with Crippen molar-refractivity contribution in [3.8, 4) is 11.5 Å². The first-order chi connectivity index (χ1) is 15.4. The summed E-state index contributed by atoms with van der Waals surface area (Å²) in [6, 6.07) is 12.2. The van der Waals surface area contributed by atoms with Crippen LogP contribution in [0.4, 0.5) is 0 Å². The average Bonchev–Trinajstić information content (AvgIpc) is 3.32. The van der Waals surface area contributed by atoms with E-state index in [0.29, 0.717) is 23.6 Å². The number of ether oxygens (including phenoxy) is 2. The van der Waals surface area contributed by atoms with Crippen LogP contribution in [0, 0.1) is 5.92 Å². The second-order valence-electron chi connectivity index (χ2n) is 8.57. The SMILES string of the molecule is COc1ccc(CCC2(C3CCCC3)CC(=O)C(Sc3ccc(O)cc3)C(=O)O2)cc1Cl. The summed E-state index contributed by atoms with van der Waals surface area (Å²) in [4.78, 5) is 27.0. The van der Waals surface area contributed by atoms with Gasteiger partial charge in [0, 0.05) is 11.3 Å². The van der Waals surface area contributed by atoms with E-state index in [1.54, 1.807) is 31.4 Å². The number of ketones is 1. The molecule has 7 heteroatoms. The van der Waals surface area contributed by atoms with Crippen molar-refractivity contribution < 1.29 is 24.2 Å². The largest absolute Gasteiger partial charge is 0.508 e. The second kappa shape index (κ2) is 9.75. The normalized spacial score (nSPS) is 23.9. The van der Waals surface area contributed by atoms with Gasteiger partial charge in [-0.15, -0.1) is 11.8 Å². The number of phenols is 1. The summed E-state index contributed by atoms with van der Waals surface area (Å²) in [7, 11) is 1.58. The van der Waals surface area contributed by atoms with Crippen LogP contribution in [-0.4, -0.2) is 34.8 Å². The van der Waals surface area contributed by atoms with Crippen LogP contribution in [0.1, 0.15) is 44.1 Å². The number of carbonyl (C=O) groups is 2. The smallest absolute Gasteiger partial charge is 0.327 e. The summed E-state index contributed by atoms with van der Waals surface area (Å²) in [5, 5.41) is 9.15. The summed E-state index contributed by atoms with van der Waals surface area (Å²) in [5.74, 6) is 0.418. The number of phenolic OH excluding ortho intramolecular Hbond substituents is 1. The van der Waals surface area contributed by atoms with E-state index in [2.05, 4.69) is 0 Å². The lowest BCUT2D eigenvalue weighted by molar-refractivity contribution is -0.177. The van der Waals surface area contributed by atoms with Gasteiger partial charge in [-0.2, -0.15) is 0 Å². The number of rotatable bonds is 7. The van der Waals surface area contributed by atoms with E-state index in [0.717, 1.165) is 36.1 Å². The van der Waals surface area contributed by atoms with Gasteiger partial charge in [-0.1, -0.05) is 30.5 Å². The number of hydrogen-bond acceptors (Lipinski definition) is 6.